The Balaban J connectivity index is 2.67. The number of carbonyl (C=O) groups is 1. The maximum atomic E-state index is 11.0. The zero-order valence-corrected chi connectivity index (χ0v) is 10.5. The molecule has 0 aromatic heterocycles. The van der Waals surface area contributed by atoms with Gasteiger partial charge in [0.15, 0.2) is 0 Å². The molecule has 17 heavy (non-hydrogen) atoms. The standard InChI is InChI=1S/C13H19NO3/c1-4-17-12-8-6-5-7-11(12)10(2)14-9-13(15)16-3/h5-8,10,14H,4,9H2,1-3H3. The van der Waals surface area contributed by atoms with Gasteiger partial charge in [0.05, 0.1) is 20.3 Å². The van der Waals surface area contributed by atoms with Crippen LogP contribution in [0.15, 0.2) is 24.3 Å². The molecular formula is C13H19NO3. The van der Waals surface area contributed by atoms with Gasteiger partial charge in [-0.1, -0.05) is 18.2 Å². The molecule has 1 aromatic carbocycles. The summed E-state index contributed by atoms with van der Waals surface area (Å²) >= 11 is 0. The lowest BCUT2D eigenvalue weighted by molar-refractivity contribution is -0.139. The van der Waals surface area contributed by atoms with E-state index >= 15 is 0 Å². The van der Waals surface area contributed by atoms with Crippen LogP contribution < -0.4 is 10.1 Å². The molecule has 0 amide bonds. The number of benzene rings is 1. The second-order valence-corrected chi connectivity index (χ2v) is 3.65. The normalized spacial score (nSPS) is 11.9. The zero-order valence-electron chi connectivity index (χ0n) is 10.5. The van der Waals surface area contributed by atoms with Crippen molar-refractivity contribution in [2.75, 3.05) is 20.3 Å². The van der Waals surface area contributed by atoms with Gasteiger partial charge in [-0.3, -0.25) is 4.79 Å². The molecule has 1 rings (SSSR count). The number of para-hydroxylation sites is 1. The average Bonchev–Trinajstić information content (AvgIpc) is 2.36. The maximum Gasteiger partial charge on any atom is 0.319 e. The Kier molecular flexibility index (Phi) is 5.49. The molecule has 0 radical (unpaired) electrons. The van der Waals surface area contributed by atoms with Crippen LogP contribution in [-0.4, -0.2) is 26.2 Å². The van der Waals surface area contributed by atoms with Gasteiger partial charge in [-0.05, 0) is 19.9 Å². The fourth-order valence-electron chi connectivity index (χ4n) is 1.54. The third kappa shape index (κ3) is 4.07. The third-order valence-corrected chi connectivity index (χ3v) is 2.47. The van der Waals surface area contributed by atoms with Gasteiger partial charge in [0.2, 0.25) is 0 Å². The number of hydrogen-bond acceptors (Lipinski definition) is 4. The molecule has 0 fully saturated rings. The van der Waals surface area contributed by atoms with Gasteiger partial charge in [0.25, 0.3) is 0 Å². The van der Waals surface area contributed by atoms with Crippen LogP contribution in [0.4, 0.5) is 0 Å². The van der Waals surface area contributed by atoms with Crippen molar-refractivity contribution in [3.05, 3.63) is 29.8 Å². The summed E-state index contributed by atoms with van der Waals surface area (Å²) in [4.78, 5) is 11.0. The minimum absolute atomic E-state index is 0.0387. The van der Waals surface area contributed by atoms with Crippen LogP contribution in [0.5, 0.6) is 5.75 Å². The molecule has 1 unspecified atom stereocenters. The third-order valence-electron chi connectivity index (χ3n) is 2.47. The number of hydrogen-bond donors (Lipinski definition) is 1. The Hall–Kier alpha value is -1.55. The van der Waals surface area contributed by atoms with Crippen molar-refractivity contribution in [2.24, 2.45) is 0 Å². The van der Waals surface area contributed by atoms with Gasteiger partial charge < -0.3 is 14.8 Å². The number of methoxy groups -OCH3 is 1. The Labute approximate surface area is 102 Å². The summed E-state index contributed by atoms with van der Waals surface area (Å²) in [5, 5.41) is 3.09. The van der Waals surface area contributed by atoms with Crippen LogP contribution in [0.1, 0.15) is 25.5 Å². The van der Waals surface area contributed by atoms with Gasteiger partial charge >= 0.3 is 5.97 Å². The molecule has 0 saturated heterocycles. The van der Waals surface area contributed by atoms with E-state index in [1.54, 1.807) is 0 Å². The van der Waals surface area contributed by atoms with E-state index < -0.39 is 0 Å². The first-order chi connectivity index (χ1) is 8.19. The Morgan fingerprint density at radius 1 is 1.41 bits per heavy atom. The highest BCUT2D eigenvalue weighted by Crippen LogP contribution is 2.24. The van der Waals surface area contributed by atoms with E-state index in [1.807, 2.05) is 38.1 Å². The summed E-state index contributed by atoms with van der Waals surface area (Å²) in [5.41, 5.74) is 1.04. The van der Waals surface area contributed by atoms with Crippen LogP contribution in [0, 0.1) is 0 Å². The topological polar surface area (TPSA) is 47.6 Å². The molecule has 1 atom stereocenters. The molecule has 1 N–H and O–H groups in total. The van der Waals surface area contributed by atoms with E-state index in [1.165, 1.54) is 7.11 Å². The second-order valence-electron chi connectivity index (χ2n) is 3.65. The van der Waals surface area contributed by atoms with E-state index in [2.05, 4.69) is 10.1 Å². The average molecular weight is 237 g/mol. The van der Waals surface area contributed by atoms with E-state index in [-0.39, 0.29) is 18.6 Å². The lowest BCUT2D eigenvalue weighted by Gasteiger charge is -2.17. The Morgan fingerprint density at radius 2 is 2.12 bits per heavy atom. The van der Waals surface area contributed by atoms with Crippen molar-refractivity contribution in [3.8, 4) is 5.75 Å². The Morgan fingerprint density at radius 3 is 2.76 bits per heavy atom. The van der Waals surface area contributed by atoms with Crippen LogP contribution in [-0.2, 0) is 9.53 Å². The lowest BCUT2D eigenvalue weighted by Crippen LogP contribution is -2.27. The van der Waals surface area contributed by atoms with Crippen molar-refractivity contribution < 1.29 is 14.3 Å². The van der Waals surface area contributed by atoms with Crippen molar-refractivity contribution >= 4 is 5.97 Å². The molecule has 1 aromatic rings. The first-order valence-electron chi connectivity index (χ1n) is 5.71. The quantitative estimate of drug-likeness (QED) is 0.768. The molecule has 0 heterocycles. The SMILES string of the molecule is CCOc1ccccc1C(C)NCC(=O)OC. The fraction of sp³-hybridized carbons (Fsp3) is 0.462. The van der Waals surface area contributed by atoms with Gasteiger partial charge in [-0.25, -0.2) is 0 Å². The van der Waals surface area contributed by atoms with Crippen molar-refractivity contribution in [1.82, 2.24) is 5.32 Å². The van der Waals surface area contributed by atoms with Crippen molar-refractivity contribution in [3.63, 3.8) is 0 Å². The molecule has 4 nitrogen and oxygen atoms in total. The van der Waals surface area contributed by atoms with Gasteiger partial charge in [0.1, 0.15) is 5.75 Å². The van der Waals surface area contributed by atoms with Crippen molar-refractivity contribution in [1.29, 1.82) is 0 Å². The van der Waals surface area contributed by atoms with Crippen LogP contribution in [0.2, 0.25) is 0 Å². The molecular weight excluding hydrogens is 218 g/mol. The summed E-state index contributed by atoms with van der Waals surface area (Å²) in [6.45, 7) is 4.75. The highest BCUT2D eigenvalue weighted by Gasteiger charge is 2.11. The van der Waals surface area contributed by atoms with E-state index in [0.29, 0.717) is 6.61 Å². The number of esters is 1. The smallest absolute Gasteiger partial charge is 0.319 e. The molecule has 0 aliphatic heterocycles. The van der Waals surface area contributed by atoms with Gasteiger partial charge in [-0.2, -0.15) is 0 Å². The number of nitrogens with one attached hydrogen (secondary N) is 1. The summed E-state index contributed by atoms with van der Waals surface area (Å²) < 4.78 is 10.1. The lowest BCUT2D eigenvalue weighted by atomic mass is 10.1. The molecule has 4 heteroatoms. The molecule has 94 valence electrons. The number of ether oxygens (including phenoxy) is 2. The highest BCUT2D eigenvalue weighted by molar-refractivity contribution is 5.71. The van der Waals surface area contributed by atoms with E-state index in [4.69, 9.17) is 4.74 Å². The van der Waals surface area contributed by atoms with Crippen LogP contribution in [0.3, 0.4) is 0 Å². The van der Waals surface area contributed by atoms with Gasteiger partial charge in [-0.15, -0.1) is 0 Å². The highest BCUT2D eigenvalue weighted by atomic mass is 16.5. The van der Waals surface area contributed by atoms with Gasteiger partial charge in [0, 0.05) is 11.6 Å². The van der Waals surface area contributed by atoms with Crippen LogP contribution in [0.25, 0.3) is 0 Å². The fourth-order valence-corrected chi connectivity index (χ4v) is 1.54. The number of rotatable bonds is 6. The summed E-state index contributed by atoms with van der Waals surface area (Å²) in [6, 6.07) is 7.84. The largest absolute Gasteiger partial charge is 0.494 e. The molecule has 0 aliphatic rings. The Bertz CT molecular complexity index is 365. The first kappa shape index (κ1) is 13.5. The second kappa shape index (κ2) is 6.91. The minimum Gasteiger partial charge on any atom is -0.494 e. The molecule has 0 aliphatic carbocycles. The summed E-state index contributed by atoms with van der Waals surface area (Å²) in [5.74, 6) is 0.575. The minimum atomic E-state index is -0.272. The monoisotopic (exact) mass is 237 g/mol. The predicted molar refractivity (Wildman–Crippen MR) is 66.0 cm³/mol. The summed E-state index contributed by atoms with van der Waals surface area (Å²) in [6.07, 6.45) is 0. The molecule has 0 saturated carbocycles. The van der Waals surface area contributed by atoms with E-state index in [9.17, 15) is 4.79 Å². The maximum absolute atomic E-state index is 11.0. The molecule has 0 bridgehead atoms. The zero-order chi connectivity index (χ0) is 12.7. The summed E-state index contributed by atoms with van der Waals surface area (Å²) in [7, 11) is 1.38. The molecule has 0 spiro atoms. The van der Waals surface area contributed by atoms with Crippen LogP contribution >= 0.6 is 0 Å². The van der Waals surface area contributed by atoms with E-state index in [0.717, 1.165) is 11.3 Å². The first-order valence-corrected chi connectivity index (χ1v) is 5.71. The van der Waals surface area contributed by atoms with Crippen molar-refractivity contribution in [2.45, 2.75) is 19.9 Å². The number of carbonyl (C=O) groups excluding carboxylic acids is 1. The predicted octanol–water partition coefficient (Wildman–Crippen LogP) is 1.91.